The average Bonchev–Trinajstić information content (AvgIpc) is 3.10. The van der Waals surface area contributed by atoms with Gasteiger partial charge in [-0.15, -0.1) is 0 Å². The van der Waals surface area contributed by atoms with Crippen molar-refractivity contribution >= 4 is 22.8 Å². The van der Waals surface area contributed by atoms with Crippen molar-refractivity contribution < 1.29 is 9.21 Å². The number of allylic oxidation sites excluding steroid dienone is 1. The van der Waals surface area contributed by atoms with E-state index < -0.39 is 0 Å². The van der Waals surface area contributed by atoms with E-state index in [4.69, 9.17) is 4.42 Å². The first-order valence-electron chi connectivity index (χ1n) is 7.20. The molecule has 1 aromatic carbocycles. The molecule has 4 heteroatoms. The maximum Gasteiger partial charge on any atom is 0.221 e. The van der Waals surface area contributed by atoms with Crippen LogP contribution in [0.3, 0.4) is 0 Å². The van der Waals surface area contributed by atoms with Gasteiger partial charge < -0.3 is 4.42 Å². The fraction of sp³-hybridized carbons (Fsp3) is 0.222. The van der Waals surface area contributed by atoms with E-state index in [1.807, 2.05) is 24.3 Å². The van der Waals surface area contributed by atoms with Crippen molar-refractivity contribution in [3.63, 3.8) is 0 Å². The number of H-pyrrole nitrogens is 1. The quantitative estimate of drug-likeness (QED) is 0.577. The molecule has 0 amide bonds. The number of para-hydroxylation sites is 1. The number of carbonyl (C=O) groups is 1. The predicted molar refractivity (Wildman–Crippen MR) is 86.9 cm³/mol. The number of aromatic nitrogens is 2. The molecule has 22 heavy (non-hydrogen) atoms. The summed E-state index contributed by atoms with van der Waals surface area (Å²) in [6.45, 7) is 6.29. The van der Waals surface area contributed by atoms with E-state index in [-0.39, 0.29) is 11.2 Å². The smallest absolute Gasteiger partial charge is 0.221 e. The highest BCUT2D eigenvalue weighted by Gasteiger charge is 2.19. The van der Waals surface area contributed by atoms with Crippen LogP contribution in [0.1, 0.15) is 42.6 Å². The maximum absolute atomic E-state index is 12.3. The van der Waals surface area contributed by atoms with Crippen LogP contribution >= 0.6 is 0 Å². The summed E-state index contributed by atoms with van der Waals surface area (Å²) >= 11 is 0. The molecule has 112 valence electrons. The minimum Gasteiger partial charge on any atom is -0.453 e. The molecule has 2 aromatic heterocycles. The number of nitrogens with one attached hydrogen (secondary N) is 1. The molecule has 4 nitrogen and oxygen atoms in total. The van der Waals surface area contributed by atoms with Gasteiger partial charge in [0, 0.05) is 22.1 Å². The monoisotopic (exact) mass is 294 g/mol. The first kappa shape index (κ1) is 14.3. The minimum absolute atomic E-state index is 0.0570. The highest BCUT2D eigenvalue weighted by atomic mass is 16.3. The van der Waals surface area contributed by atoms with Crippen LogP contribution in [0, 0.1) is 0 Å². The van der Waals surface area contributed by atoms with Crippen molar-refractivity contribution in [2.75, 3.05) is 0 Å². The number of ketones is 1. The van der Waals surface area contributed by atoms with Gasteiger partial charge in [-0.25, -0.2) is 0 Å². The van der Waals surface area contributed by atoms with Crippen LogP contribution in [-0.4, -0.2) is 16.0 Å². The Labute approximate surface area is 128 Å². The molecule has 0 saturated carbocycles. The Balaban J connectivity index is 1.86. The van der Waals surface area contributed by atoms with Crippen molar-refractivity contribution in [3.05, 3.63) is 59.6 Å². The number of nitrogens with zero attached hydrogens (tertiary/aromatic N) is 1. The topological polar surface area (TPSA) is 58.9 Å². The number of hydrogen-bond acceptors (Lipinski definition) is 3. The molecule has 0 spiro atoms. The van der Waals surface area contributed by atoms with Crippen molar-refractivity contribution in [1.82, 2.24) is 10.2 Å². The van der Waals surface area contributed by atoms with Gasteiger partial charge in [-0.3, -0.25) is 9.89 Å². The molecular formula is C18H18N2O2. The Hall–Kier alpha value is -2.62. The van der Waals surface area contributed by atoms with Crippen molar-refractivity contribution in [2.24, 2.45) is 0 Å². The van der Waals surface area contributed by atoms with Crippen LogP contribution in [0.2, 0.25) is 0 Å². The van der Waals surface area contributed by atoms with Crippen LogP contribution < -0.4 is 0 Å². The van der Waals surface area contributed by atoms with Gasteiger partial charge in [0.2, 0.25) is 5.78 Å². The van der Waals surface area contributed by atoms with E-state index in [2.05, 4.69) is 31.0 Å². The molecular weight excluding hydrogens is 276 g/mol. The Bertz CT molecular complexity index is 814. The summed E-state index contributed by atoms with van der Waals surface area (Å²) in [4.78, 5) is 12.3. The predicted octanol–water partition coefficient (Wildman–Crippen LogP) is 4.35. The second-order valence-electron chi connectivity index (χ2n) is 6.30. The molecule has 3 rings (SSSR count). The maximum atomic E-state index is 12.3. The van der Waals surface area contributed by atoms with Gasteiger partial charge >= 0.3 is 0 Å². The number of furan rings is 1. The van der Waals surface area contributed by atoms with E-state index in [0.717, 1.165) is 22.2 Å². The fourth-order valence-corrected chi connectivity index (χ4v) is 2.37. The molecule has 0 fully saturated rings. The van der Waals surface area contributed by atoms with E-state index >= 15 is 0 Å². The van der Waals surface area contributed by atoms with Gasteiger partial charge in [-0.1, -0.05) is 39.0 Å². The third-order valence-electron chi connectivity index (χ3n) is 3.50. The van der Waals surface area contributed by atoms with E-state index in [1.165, 1.54) is 6.08 Å². The lowest BCUT2D eigenvalue weighted by Gasteiger charge is -2.16. The normalized spacial score (nSPS) is 12.3. The zero-order chi connectivity index (χ0) is 15.7. The SMILES string of the molecule is CC(C)(C)c1[nH]ncc1/C=C/C(=O)c1cc2ccccc2o1. The summed E-state index contributed by atoms with van der Waals surface area (Å²) in [5.41, 5.74) is 2.58. The highest BCUT2D eigenvalue weighted by Crippen LogP contribution is 2.24. The second kappa shape index (κ2) is 5.30. The first-order chi connectivity index (χ1) is 10.4. The molecule has 0 aliphatic heterocycles. The number of carbonyl (C=O) groups excluding carboxylic acids is 1. The van der Waals surface area contributed by atoms with Crippen LogP contribution in [0.5, 0.6) is 0 Å². The average molecular weight is 294 g/mol. The molecule has 0 bridgehead atoms. The zero-order valence-electron chi connectivity index (χ0n) is 12.9. The van der Waals surface area contributed by atoms with Crippen LogP contribution in [-0.2, 0) is 5.41 Å². The Kier molecular flexibility index (Phi) is 3.45. The van der Waals surface area contributed by atoms with Crippen molar-refractivity contribution in [2.45, 2.75) is 26.2 Å². The van der Waals surface area contributed by atoms with E-state index in [0.29, 0.717) is 5.76 Å². The summed E-state index contributed by atoms with van der Waals surface area (Å²) in [5, 5.41) is 7.99. The third kappa shape index (κ3) is 2.72. The molecule has 0 atom stereocenters. The summed E-state index contributed by atoms with van der Waals surface area (Å²) in [6, 6.07) is 9.35. The number of hydrogen-bond donors (Lipinski definition) is 1. The van der Waals surface area contributed by atoms with Gasteiger partial charge in [0.25, 0.3) is 0 Å². The molecule has 1 N–H and O–H groups in total. The van der Waals surface area contributed by atoms with Gasteiger partial charge in [0.1, 0.15) is 5.58 Å². The lowest BCUT2D eigenvalue weighted by molar-refractivity contribution is 0.102. The zero-order valence-corrected chi connectivity index (χ0v) is 12.9. The summed E-state index contributed by atoms with van der Waals surface area (Å²) < 4.78 is 5.57. The second-order valence-corrected chi connectivity index (χ2v) is 6.30. The summed E-state index contributed by atoms with van der Waals surface area (Å²) in [5.74, 6) is 0.190. The fourth-order valence-electron chi connectivity index (χ4n) is 2.37. The molecule has 0 radical (unpaired) electrons. The van der Waals surface area contributed by atoms with E-state index in [9.17, 15) is 4.79 Å². The minimum atomic E-state index is -0.155. The molecule has 0 aliphatic rings. The summed E-state index contributed by atoms with van der Waals surface area (Å²) in [7, 11) is 0. The lowest BCUT2D eigenvalue weighted by Crippen LogP contribution is -2.13. The number of fused-ring (bicyclic) bond motifs is 1. The Morgan fingerprint density at radius 3 is 2.77 bits per heavy atom. The van der Waals surface area contributed by atoms with Gasteiger partial charge in [0.05, 0.1) is 6.20 Å². The number of rotatable bonds is 3. The van der Waals surface area contributed by atoms with Crippen molar-refractivity contribution in [1.29, 1.82) is 0 Å². The Morgan fingerprint density at radius 1 is 1.27 bits per heavy atom. The molecule has 2 heterocycles. The van der Waals surface area contributed by atoms with Crippen LogP contribution in [0.25, 0.3) is 17.0 Å². The number of aromatic amines is 1. The first-order valence-corrected chi connectivity index (χ1v) is 7.20. The highest BCUT2D eigenvalue weighted by molar-refractivity contribution is 6.07. The van der Waals surface area contributed by atoms with Gasteiger partial charge in [-0.05, 0) is 24.3 Å². The lowest BCUT2D eigenvalue weighted by atomic mass is 9.89. The van der Waals surface area contributed by atoms with Crippen molar-refractivity contribution in [3.8, 4) is 0 Å². The van der Waals surface area contributed by atoms with Crippen LogP contribution in [0.15, 0.2) is 47.0 Å². The standard InChI is InChI=1S/C18H18N2O2/c1-18(2,3)17-13(11-19-20-17)8-9-14(21)16-10-12-6-4-5-7-15(12)22-16/h4-11H,1-3H3,(H,19,20)/b9-8+. The largest absolute Gasteiger partial charge is 0.453 e. The summed E-state index contributed by atoms with van der Waals surface area (Å²) in [6.07, 6.45) is 5.03. The Morgan fingerprint density at radius 2 is 2.05 bits per heavy atom. The molecule has 0 aliphatic carbocycles. The van der Waals surface area contributed by atoms with E-state index in [1.54, 1.807) is 18.3 Å². The third-order valence-corrected chi connectivity index (χ3v) is 3.50. The molecule has 3 aromatic rings. The molecule has 0 unspecified atom stereocenters. The van der Waals surface area contributed by atoms with Gasteiger partial charge in [0.15, 0.2) is 5.76 Å². The number of benzene rings is 1. The van der Waals surface area contributed by atoms with Crippen LogP contribution in [0.4, 0.5) is 0 Å². The van der Waals surface area contributed by atoms with Gasteiger partial charge in [-0.2, -0.15) is 5.10 Å². The molecule has 0 saturated heterocycles.